The Bertz CT molecular complexity index is 159. The molecule has 2 nitrogen and oxygen atoms in total. The van der Waals surface area contributed by atoms with Crippen molar-refractivity contribution in [3.8, 4) is 0 Å². The molecule has 0 aromatic carbocycles. The van der Waals surface area contributed by atoms with Crippen LogP contribution in [-0.4, -0.2) is 30.6 Å². The average Bonchev–Trinajstić information content (AvgIpc) is 2.08. The summed E-state index contributed by atoms with van der Waals surface area (Å²) < 4.78 is 0. The standard InChI is InChI=1S/C11H22N2/c1-9-4-6-13(7-5-9)11-3-2-10(11)8-12/h9-11H,2-8,12H2,1H3. The third-order valence-electron chi connectivity index (χ3n) is 3.97. The maximum absolute atomic E-state index is 5.73. The van der Waals surface area contributed by atoms with Crippen LogP contribution in [0.25, 0.3) is 0 Å². The van der Waals surface area contributed by atoms with E-state index in [0.29, 0.717) is 0 Å². The van der Waals surface area contributed by atoms with Gasteiger partial charge in [0.05, 0.1) is 0 Å². The van der Waals surface area contributed by atoms with Crippen LogP contribution in [0.15, 0.2) is 0 Å². The van der Waals surface area contributed by atoms with E-state index in [1.807, 2.05) is 0 Å². The van der Waals surface area contributed by atoms with Crippen molar-refractivity contribution in [1.82, 2.24) is 4.90 Å². The second-order valence-corrected chi connectivity index (χ2v) is 4.86. The van der Waals surface area contributed by atoms with E-state index in [0.717, 1.165) is 24.4 Å². The van der Waals surface area contributed by atoms with Gasteiger partial charge in [-0.3, -0.25) is 0 Å². The number of rotatable bonds is 2. The molecule has 2 unspecified atom stereocenters. The highest BCUT2D eigenvalue weighted by Crippen LogP contribution is 2.33. The lowest BCUT2D eigenvalue weighted by atomic mass is 9.77. The first-order valence-electron chi connectivity index (χ1n) is 5.75. The van der Waals surface area contributed by atoms with E-state index in [2.05, 4.69) is 11.8 Å². The number of hydrogen-bond acceptors (Lipinski definition) is 2. The van der Waals surface area contributed by atoms with Crippen molar-refractivity contribution >= 4 is 0 Å². The van der Waals surface area contributed by atoms with Gasteiger partial charge >= 0.3 is 0 Å². The topological polar surface area (TPSA) is 29.3 Å². The smallest absolute Gasteiger partial charge is 0.0136 e. The molecule has 2 heteroatoms. The molecule has 0 aromatic heterocycles. The fraction of sp³-hybridized carbons (Fsp3) is 1.00. The van der Waals surface area contributed by atoms with Crippen LogP contribution in [0, 0.1) is 11.8 Å². The van der Waals surface area contributed by atoms with Crippen LogP contribution in [0.5, 0.6) is 0 Å². The summed E-state index contributed by atoms with van der Waals surface area (Å²) in [6.45, 7) is 5.92. The van der Waals surface area contributed by atoms with Gasteiger partial charge in [0.15, 0.2) is 0 Å². The molecular formula is C11H22N2. The summed E-state index contributed by atoms with van der Waals surface area (Å²) in [5, 5.41) is 0. The van der Waals surface area contributed by atoms with Crippen molar-refractivity contribution in [3.05, 3.63) is 0 Å². The van der Waals surface area contributed by atoms with Crippen LogP contribution < -0.4 is 5.73 Å². The molecule has 76 valence electrons. The number of nitrogens with two attached hydrogens (primary N) is 1. The quantitative estimate of drug-likeness (QED) is 0.700. The molecule has 1 saturated heterocycles. The lowest BCUT2D eigenvalue weighted by Gasteiger charge is -2.46. The molecule has 2 N–H and O–H groups in total. The minimum Gasteiger partial charge on any atom is -0.330 e. The highest BCUT2D eigenvalue weighted by molar-refractivity contribution is 4.90. The van der Waals surface area contributed by atoms with Gasteiger partial charge in [0, 0.05) is 6.04 Å². The van der Waals surface area contributed by atoms with E-state index in [-0.39, 0.29) is 0 Å². The zero-order valence-corrected chi connectivity index (χ0v) is 8.71. The third kappa shape index (κ3) is 1.89. The van der Waals surface area contributed by atoms with Crippen LogP contribution in [-0.2, 0) is 0 Å². The number of hydrogen-bond donors (Lipinski definition) is 1. The average molecular weight is 182 g/mol. The second kappa shape index (κ2) is 3.97. The maximum atomic E-state index is 5.73. The Morgan fingerprint density at radius 3 is 2.31 bits per heavy atom. The molecule has 0 aromatic rings. The minimum absolute atomic E-state index is 0.813. The van der Waals surface area contributed by atoms with Gasteiger partial charge in [-0.1, -0.05) is 6.92 Å². The second-order valence-electron chi connectivity index (χ2n) is 4.86. The molecule has 13 heavy (non-hydrogen) atoms. The van der Waals surface area contributed by atoms with E-state index >= 15 is 0 Å². The number of likely N-dealkylation sites (tertiary alicyclic amines) is 1. The van der Waals surface area contributed by atoms with Gasteiger partial charge in [-0.15, -0.1) is 0 Å². The van der Waals surface area contributed by atoms with Gasteiger partial charge in [0.1, 0.15) is 0 Å². The summed E-state index contributed by atoms with van der Waals surface area (Å²) in [7, 11) is 0. The summed E-state index contributed by atoms with van der Waals surface area (Å²) >= 11 is 0. The highest BCUT2D eigenvalue weighted by Gasteiger charge is 2.35. The Hall–Kier alpha value is -0.0800. The lowest BCUT2D eigenvalue weighted by Crippen LogP contribution is -2.52. The zero-order chi connectivity index (χ0) is 9.26. The lowest BCUT2D eigenvalue weighted by molar-refractivity contribution is 0.0404. The minimum atomic E-state index is 0.813. The van der Waals surface area contributed by atoms with Crippen molar-refractivity contribution < 1.29 is 0 Å². The fourth-order valence-electron chi connectivity index (χ4n) is 2.67. The summed E-state index contributed by atoms with van der Waals surface area (Å²) in [6, 6.07) is 0.845. The molecule has 0 amide bonds. The fourth-order valence-corrected chi connectivity index (χ4v) is 2.67. The van der Waals surface area contributed by atoms with Crippen molar-refractivity contribution in [1.29, 1.82) is 0 Å². The van der Waals surface area contributed by atoms with Crippen LogP contribution in [0.2, 0.25) is 0 Å². The summed E-state index contributed by atoms with van der Waals surface area (Å²) in [5.74, 6) is 1.76. The van der Waals surface area contributed by atoms with Gasteiger partial charge in [-0.25, -0.2) is 0 Å². The molecule has 2 atom stereocenters. The Labute approximate surface area is 81.5 Å². The molecule has 2 aliphatic rings. The molecule has 2 fully saturated rings. The Morgan fingerprint density at radius 1 is 1.15 bits per heavy atom. The van der Waals surface area contributed by atoms with E-state index < -0.39 is 0 Å². The molecule has 2 rings (SSSR count). The first-order valence-corrected chi connectivity index (χ1v) is 5.75. The predicted molar refractivity (Wildman–Crippen MR) is 55.5 cm³/mol. The SMILES string of the molecule is CC1CCN(C2CCC2CN)CC1. The van der Waals surface area contributed by atoms with Gasteiger partial charge in [0.25, 0.3) is 0 Å². The third-order valence-corrected chi connectivity index (χ3v) is 3.97. The molecule has 1 aliphatic carbocycles. The van der Waals surface area contributed by atoms with Gasteiger partial charge in [-0.2, -0.15) is 0 Å². The van der Waals surface area contributed by atoms with Gasteiger partial charge in [-0.05, 0) is 57.2 Å². The predicted octanol–water partition coefficient (Wildman–Crippen LogP) is 1.46. The monoisotopic (exact) mass is 182 g/mol. The van der Waals surface area contributed by atoms with E-state index in [4.69, 9.17) is 5.73 Å². The van der Waals surface area contributed by atoms with Crippen molar-refractivity contribution in [3.63, 3.8) is 0 Å². The van der Waals surface area contributed by atoms with Crippen molar-refractivity contribution in [2.75, 3.05) is 19.6 Å². The Kier molecular flexibility index (Phi) is 2.89. The summed E-state index contributed by atoms with van der Waals surface area (Å²) in [6.07, 6.45) is 5.56. The molecule has 0 spiro atoms. The van der Waals surface area contributed by atoms with Crippen LogP contribution in [0.3, 0.4) is 0 Å². The van der Waals surface area contributed by atoms with E-state index in [1.54, 1.807) is 0 Å². The van der Waals surface area contributed by atoms with Crippen molar-refractivity contribution in [2.24, 2.45) is 17.6 Å². The Balaban J connectivity index is 1.81. The molecule has 1 heterocycles. The molecule has 0 bridgehead atoms. The van der Waals surface area contributed by atoms with Gasteiger partial charge in [0.2, 0.25) is 0 Å². The molecule has 1 saturated carbocycles. The first-order chi connectivity index (χ1) is 6.31. The number of nitrogens with zero attached hydrogens (tertiary/aromatic N) is 1. The molecule has 1 aliphatic heterocycles. The van der Waals surface area contributed by atoms with Crippen LogP contribution >= 0.6 is 0 Å². The first kappa shape index (κ1) is 9.47. The normalized spacial score (nSPS) is 37.4. The van der Waals surface area contributed by atoms with Crippen molar-refractivity contribution in [2.45, 2.75) is 38.6 Å². The highest BCUT2D eigenvalue weighted by atomic mass is 15.2. The molecule has 0 radical (unpaired) electrons. The van der Waals surface area contributed by atoms with Gasteiger partial charge < -0.3 is 10.6 Å². The summed E-state index contributed by atoms with van der Waals surface area (Å²) in [5.41, 5.74) is 5.73. The van der Waals surface area contributed by atoms with Crippen LogP contribution in [0.1, 0.15) is 32.6 Å². The maximum Gasteiger partial charge on any atom is 0.0136 e. The molecular weight excluding hydrogens is 160 g/mol. The Morgan fingerprint density at radius 2 is 1.85 bits per heavy atom. The van der Waals surface area contributed by atoms with E-state index in [1.165, 1.54) is 38.8 Å². The van der Waals surface area contributed by atoms with Crippen LogP contribution in [0.4, 0.5) is 0 Å². The zero-order valence-electron chi connectivity index (χ0n) is 8.71. The van der Waals surface area contributed by atoms with E-state index in [9.17, 15) is 0 Å². The largest absolute Gasteiger partial charge is 0.330 e. The summed E-state index contributed by atoms with van der Waals surface area (Å²) in [4.78, 5) is 2.68. The number of piperidine rings is 1.